The summed E-state index contributed by atoms with van der Waals surface area (Å²) in [7, 11) is 0. The molecule has 1 N–H and O–H groups in total. The maximum Gasteiger partial charge on any atom is 0.224 e. The zero-order valence-corrected chi connectivity index (χ0v) is 13.0. The lowest BCUT2D eigenvalue weighted by Gasteiger charge is -2.06. The molecule has 0 spiro atoms. The van der Waals surface area contributed by atoms with E-state index in [0.717, 1.165) is 22.7 Å². The number of aryl methyl sites for hydroxylation is 2. The number of hydrogen-bond donors (Lipinski definition) is 1. The molecule has 5 heteroatoms. The summed E-state index contributed by atoms with van der Waals surface area (Å²) < 4.78 is 2.03. The van der Waals surface area contributed by atoms with Crippen LogP contribution in [-0.4, -0.2) is 15.3 Å². The van der Waals surface area contributed by atoms with Crippen LogP contribution < -0.4 is 5.32 Å². The third-order valence-corrected chi connectivity index (χ3v) is 3.80. The predicted octanol–water partition coefficient (Wildman–Crippen LogP) is 3.87. The monoisotopic (exact) mass is 313 g/mol. The van der Waals surface area contributed by atoms with Gasteiger partial charge in [0.15, 0.2) is 0 Å². The minimum absolute atomic E-state index is 0.0207. The Hall–Kier alpha value is -2.33. The smallest absolute Gasteiger partial charge is 0.224 e. The molecule has 0 radical (unpaired) electrons. The molecule has 0 saturated carbocycles. The van der Waals surface area contributed by atoms with E-state index in [-0.39, 0.29) is 5.91 Å². The molecule has 2 heterocycles. The van der Waals surface area contributed by atoms with Crippen LogP contribution in [0.3, 0.4) is 0 Å². The first kappa shape index (κ1) is 14.6. The van der Waals surface area contributed by atoms with Crippen molar-refractivity contribution in [1.29, 1.82) is 0 Å². The van der Waals surface area contributed by atoms with Crippen molar-refractivity contribution < 1.29 is 4.79 Å². The Morgan fingerprint density at radius 2 is 2.00 bits per heavy atom. The van der Waals surface area contributed by atoms with E-state index in [9.17, 15) is 4.79 Å². The first-order chi connectivity index (χ1) is 10.6. The van der Waals surface area contributed by atoms with E-state index in [1.807, 2.05) is 35.7 Å². The van der Waals surface area contributed by atoms with Gasteiger partial charge in [-0.15, -0.1) is 0 Å². The van der Waals surface area contributed by atoms with Crippen LogP contribution in [0.15, 0.2) is 48.7 Å². The highest BCUT2D eigenvalue weighted by Crippen LogP contribution is 2.16. The third kappa shape index (κ3) is 3.12. The van der Waals surface area contributed by atoms with Crippen LogP contribution in [0.5, 0.6) is 0 Å². The van der Waals surface area contributed by atoms with Crippen molar-refractivity contribution in [2.75, 3.05) is 5.32 Å². The number of halogens is 1. The largest absolute Gasteiger partial charge is 0.326 e. The highest BCUT2D eigenvalue weighted by molar-refractivity contribution is 6.30. The molecule has 0 atom stereocenters. The Labute approximate surface area is 133 Å². The van der Waals surface area contributed by atoms with Gasteiger partial charge >= 0.3 is 0 Å². The summed E-state index contributed by atoms with van der Waals surface area (Å²) in [5.74, 6) is -0.0207. The van der Waals surface area contributed by atoms with Crippen LogP contribution >= 0.6 is 11.6 Å². The Morgan fingerprint density at radius 1 is 1.23 bits per heavy atom. The number of amides is 1. The Kier molecular flexibility index (Phi) is 4.11. The van der Waals surface area contributed by atoms with E-state index in [1.165, 1.54) is 0 Å². The quantitative estimate of drug-likeness (QED) is 0.795. The fourth-order valence-electron chi connectivity index (χ4n) is 2.45. The summed E-state index contributed by atoms with van der Waals surface area (Å²) in [6, 6.07) is 13.0. The number of aromatic nitrogens is 2. The Morgan fingerprint density at radius 3 is 2.77 bits per heavy atom. The number of imidazole rings is 1. The molecule has 0 bridgehead atoms. The molecule has 2 aromatic heterocycles. The number of carbonyl (C=O) groups excluding carboxylic acids is 1. The van der Waals surface area contributed by atoms with Crippen LogP contribution in [0.1, 0.15) is 17.8 Å². The maximum atomic E-state index is 12.1. The van der Waals surface area contributed by atoms with Gasteiger partial charge in [-0.05, 0) is 49.7 Å². The van der Waals surface area contributed by atoms with Crippen LogP contribution in [0.4, 0.5) is 5.69 Å². The van der Waals surface area contributed by atoms with Gasteiger partial charge in [-0.2, -0.15) is 0 Å². The lowest BCUT2D eigenvalue weighted by molar-refractivity contribution is -0.116. The second-order valence-corrected chi connectivity index (χ2v) is 5.56. The second-order valence-electron chi connectivity index (χ2n) is 5.13. The normalized spacial score (nSPS) is 10.8. The second kappa shape index (κ2) is 6.20. The molecule has 0 saturated heterocycles. The summed E-state index contributed by atoms with van der Waals surface area (Å²) in [5.41, 5.74) is 3.70. The van der Waals surface area contributed by atoms with E-state index >= 15 is 0 Å². The van der Waals surface area contributed by atoms with Crippen molar-refractivity contribution in [2.45, 2.75) is 19.8 Å². The van der Waals surface area contributed by atoms with Crippen molar-refractivity contribution >= 4 is 28.8 Å². The molecule has 3 aromatic rings. The number of benzene rings is 1. The number of rotatable bonds is 4. The average Bonchev–Trinajstić information content (AvgIpc) is 2.83. The summed E-state index contributed by atoms with van der Waals surface area (Å²) in [6.45, 7) is 1.97. The number of nitrogens with zero attached hydrogens (tertiary/aromatic N) is 2. The van der Waals surface area contributed by atoms with Gasteiger partial charge in [-0.1, -0.05) is 17.7 Å². The van der Waals surface area contributed by atoms with Gasteiger partial charge in [0.2, 0.25) is 5.91 Å². The third-order valence-electron chi connectivity index (χ3n) is 3.55. The SMILES string of the molecule is Cc1nc2ccccn2c1CCC(=O)Nc1ccc(Cl)cc1. The van der Waals surface area contributed by atoms with Gasteiger partial charge in [-0.25, -0.2) is 4.98 Å². The minimum Gasteiger partial charge on any atom is -0.326 e. The molecule has 1 aromatic carbocycles. The molecular weight excluding hydrogens is 298 g/mol. The van der Waals surface area contributed by atoms with E-state index in [2.05, 4.69) is 10.3 Å². The molecule has 0 aliphatic rings. The van der Waals surface area contributed by atoms with Gasteiger partial charge < -0.3 is 9.72 Å². The number of nitrogens with one attached hydrogen (secondary N) is 1. The van der Waals surface area contributed by atoms with Crippen molar-refractivity contribution in [3.63, 3.8) is 0 Å². The molecular formula is C17H16ClN3O. The number of pyridine rings is 1. The van der Waals surface area contributed by atoms with Crippen molar-refractivity contribution in [3.8, 4) is 0 Å². The van der Waals surface area contributed by atoms with Crippen LogP contribution in [0.25, 0.3) is 5.65 Å². The molecule has 0 aliphatic carbocycles. The van der Waals surface area contributed by atoms with Crippen molar-refractivity contribution in [2.24, 2.45) is 0 Å². The number of hydrogen-bond acceptors (Lipinski definition) is 2. The lowest BCUT2D eigenvalue weighted by atomic mass is 10.2. The van der Waals surface area contributed by atoms with E-state index in [0.29, 0.717) is 17.9 Å². The van der Waals surface area contributed by atoms with Gasteiger partial charge in [0, 0.05) is 29.0 Å². The Balaban J connectivity index is 1.67. The summed E-state index contributed by atoms with van der Waals surface area (Å²) in [4.78, 5) is 16.6. The molecule has 4 nitrogen and oxygen atoms in total. The van der Waals surface area contributed by atoms with Gasteiger partial charge in [0.25, 0.3) is 0 Å². The zero-order valence-electron chi connectivity index (χ0n) is 12.2. The number of fused-ring (bicyclic) bond motifs is 1. The highest BCUT2D eigenvalue weighted by Gasteiger charge is 2.10. The lowest BCUT2D eigenvalue weighted by Crippen LogP contribution is -2.13. The molecule has 0 fully saturated rings. The molecule has 22 heavy (non-hydrogen) atoms. The van der Waals surface area contributed by atoms with E-state index in [4.69, 9.17) is 11.6 Å². The van der Waals surface area contributed by atoms with Gasteiger partial charge in [0.1, 0.15) is 5.65 Å². The summed E-state index contributed by atoms with van der Waals surface area (Å²) in [6.07, 6.45) is 3.03. The Bertz CT molecular complexity index is 808. The van der Waals surface area contributed by atoms with Crippen LogP contribution in [-0.2, 0) is 11.2 Å². The fraction of sp³-hybridized carbons (Fsp3) is 0.176. The fourth-order valence-corrected chi connectivity index (χ4v) is 2.58. The van der Waals surface area contributed by atoms with E-state index < -0.39 is 0 Å². The van der Waals surface area contributed by atoms with Crippen LogP contribution in [0, 0.1) is 6.92 Å². The molecule has 0 unspecified atom stereocenters. The molecule has 3 rings (SSSR count). The van der Waals surface area contributed by atoms with Crippen molar-refractivity contribution in [1.82, 2.24) is 9.38 Å². The summed E-state index contributed by atoms with van der Waals surface area (Å²) >= 11 is 5.83. The van der Waals surface area contributed by atoms with E-state index in [1.54, 1.807) is 24.3 Å². The van der Waals surface area contributed by atoms with Gasteiger partial charge in [-0.3, -0.25) is 4.79 Å². The first-order valence-electron chi connectivity index (χ1n) is 7.11. The van der Waals surface area contributed by atoms with Gasteiger partial charge in [0.05, 0.1) is 5.69 Å². The molecule has 0 aliphatic heterocycles. The minimum atomic E-state index is -0.0207. The van der Waals surface area contributed by atoms with Crippen molar-refractivity contribution in [3.05, 3.63) is 65.1 Å². The molecule has 1 amide bonds. The standard InChI is InChI=1S/C17H16ClN3O/c1-12-15(21-11-3-2-4-16(21)19-12)9-10-17(22)20-14-7-5-13(18)6-8-14/h2-8,11H,9-10H2,1H3,(H,20,22). The molecule has 112 valence electrons. The highest BCUT2D eigenvalue weighted by atomic mass is 35.5. The average molecular weight is 314 g/mol. The predicted molar refractivity (Wildman–Crippen MR) is 88.3 cm³/mol. The first-order valence-corrected chi connectivity index (χ1v) is 7.49. The number of carbonyl (C=O) groups is 1. The van der Waals surface area contributed by atoms with Crippen LogP contribution in [0.2, 0.25) is 5.02 Å². The topological polar surface area (TPSA) is 46.4 Å². The summed E-state index contributed by atoms with van der Waals surface area (Å²) in [5, 5.41) is 3.52. The number of anilines is 1. The zero-order chi connectivity index (χ0) is 15.5. The maximum absolute atomic E-state index is 12.1.